The molecule has 4 N–H and O–H groups in total. The van der Waals surface area contributed by atoms with Crippen molar-refractivity contribution in [1.82, 2.24) is 10.3 Å². The lowest BCUT2D eigenvalue weighted by atomic mass is 10.2. The van der Waals surface area contributed by atoms with Crippen LogP contribution in [0.15, 0.2) is 6.20 Å². The van der Waals surface area contributed by atoms with E-state index in [2.05, 4.69) is 10.3 Å². The molecule has 94 valence electrons. The Morgan fingerprint density at radius 2 is 2.29 bits per heavy atom. The number of amidine groups is 1. The van der Waals surface area contributed by atoms with Crippen molar-refractivity contribution in [3.8, 4) is 0 Å². The van der Waals surface area contributed by atoms with E-state index in [9.17, 15) is 4.79 Å². The molecule has 0 fully saturated rings. The number of nitrogens with two attached hydrogens (primary N) is 1. The number of ether oxygens (including phenoxy) is 1. The Hall–Kier alpha value is -1.63. The summed E-state index contributed by atoms with van der Waals surface area (Å²) in [6.45, 7) is 5.66. The largest absolute Gasteiger partial charge is 0.444 e. The Balaban J connectivity index is 2.45. The van der Waals surface area contributed by atoms with Crippen LogP contribution in [0.4, 0.5) is 4.79 Å². The topological polar surface area (TPSA) is 101 Å². The van der Waals surface area contributed by atoms with E-state index < -0.39 is 11.7 Å². The second kappa shape index (κ2) is 5.13. The molecular weight excluding hydrogens is 240 g/mol. The number of nitrogen functional groups attached to an aromatic ring is 1. The zero-order valence-corrected chi connectivity index (χ0v) is 10.9. The van der Waals surface area contributed by atoms with Gasteiger partial charge in [-0.1, -0.05) is 0 Å². The number of thiazole rings is 1. The minimum Gasteiger partial charge on any atom is -0.444 e. The van der Waals surface area contributed by atoms with Gasteiger partial charge in [0.2, 0.25) is 0 Å². The van der Waals surface area contributed by atoms with Gasteiger partial charge in [0.25, 0.3) is 0 Å². The van der Waals surface area contributed by atoms with Gasteiger partial charge in [-0.15, -0.1) is 11.3 Å². The van der Waals surface area contributed by atoms with Gasteiger partial charge in [-0.05, 0) is 20.8 Å². The number of hydrogen-bond acceptors (Lipinski definition) is 5. The Morgan fingerprint density at radius 1 is 1.65 bits per heavy atom. The lowest BCUT2D eigenvalue weighted by Crippen LogP contribution is -2.32. The van der Waals surface area contributed by atoms with Gasteiger partial charge < -0.3 is 15.8 Å². The van der Waals surface area contributed by atoms with Gasteiger partial charge in [0, 0.05) is 6.20 Å². The minimum atomic E-state index is -0.516. The standard InChI is InChI=1S/C10H16N4O2S/c1-10(2,3)16-9(15)14-5-7-13-4-6(17-7)8(11)12/h4H,5H2,1-3H3,(H3,11,12)(H,14,15). The van der Waals surface area contributed by atoms with E-state index in [4.69, 9.17) is 15.9 Å². The molecule has 0 saturated heterocycles. The Morgan fingerprint density at radius 3 is 2.76 bits per heavy atom. The fourth-order valence-corrected chi connectivity index (χ4v) is 1.70. The molecular formula is C10H16N4O2S. The van der Waals surface area contributed by atoms with Crippen molar-refractivity contribution in [2.45, 2.75) is 32.9 Å². The molecule has 0 spiro atoms. The molecule has 0 aliphatic heterocycles. The van der Waals surface area contributed by atoms with Crippen molar-refractivity contribution in [3.63, 3.8) is 0 Å². The van der Waals surface area contributed by atoms with E-state index in [0.29, 0.717) is 9.88 Å². The molecule has 1 aromatic rings. The van der Waals surface area contributed by atoms with Gasteiger partial charge >= 0.3 is 6.09 Å². The van der Waals surface area contributed by atoms with Crippen LogP contribution in [0, 0.1) is 5.41 Å². The number of nitrogens with zero attached hydrogens (tertiary/aromatic N) is 1. The molecule has 0 atom stereocenters. The fourth-order valence-electron chi connectivity index (χ4n) is 0.978. The highest BCUT2D eigenvalue weighted by Gasteiger charge is 2.16. The molecule has 1 rings (SSSR count). The summed E-state index contributed by atoms with van der Waals surface area (Å²) < 4.78 is 5.07. The van der Waals surface area contributed by atoms with Gasteiger partial charge in [-0.25, -0.2) is 9.78 Å². The average molecular weight is 256 g/mol. The maximum absolute atomic E-state index is 11.3. The van der Waals surface area contributed by atoms with Gasteiger partial charge in [0.15, 0.2) is 0 Å². The predicted octanol–water partition coefficient (Wildman–Crippen LogP) is 1.45. The summed E-state index contributed by atoms with van der Waals surface area (Å²) in [6, 6.07) is 0. The third-order valence-electron chi connectivity index (χ3n) is 1.60. The van der Waals surface area contributed by atoms with E-state index in [1.807, 2.05) is 0 Å². The number of carbonyl (C=O) groups is 1. The summed E-state index contributed by atoms with van der Waals surface area (Å²) in [5.41, 5.74) is 4.79. The van der Waals surface area contributed by atoms with E-state index in [0.717, 1.165) is 0 Å². The van der Waals surface area contributed by atoms with Crippen LogP contribution in [-0.2, 0) is 11.3 Å². The SMILES string of the molecule is CC(C)(C)OC(=O)NCc1ncc(C(=N)N)s1. The first-order valence-electron chi connectivity index (χ1n) is 5.04. The summed E-state index contributed by atoms with van der Waals surface area (Å²) >= 11 is 1.27. The smallest absolute Gasteiger partial charge is 0.408 e. The van der Waals surface area contributed by atoms with E-state index in [1.165, 1.54) is 17.5 Å². The second-order valence-electron chi connectivity index (χ2n) is 4.39. The summed E-state index contributed by atoms with van der Waals surface area (Å²) in [5.74, 6) is -0.0222. The maximum atomic E-state index is 11.3. The first-order valence-corrected chi connectivity index (χ1v) is 5.85. The third-order valence-corrected chi connectivity index (χ3v) is 2.63. The zero-order valence-electron chi connectivity index (χ0n) is 10.0. The van der Waals surface area contributed by atoms with E-state index in [1.54, 1.807) is 20.8 Å². The number of carbonyl (C=O) groups excluding carboxylic acids is 1. The van der Waals surface area contributed by atoms with Crippen molar-refractivity contribution in [1.29, 1.82) is 5.41 Å². The van der Waals surface area contributed by atoms with Crippen molar-refractivity contribution in [2.24, 2.45) is 5.73 Å². The number of rotatable bonds is 3. The van der Waals surface area contributed by atoms with Crippen LogP contribution in [0.25, 0.3) is 0 Å². The minimum absolute atomic E-state index is 0.0222. The fraction of sp³-hybridized carbons (Fsp3) is 0.500. The van der Waals surface area contributed by atoms with Crippen LogP contribution < -0.4 is 11.1 Å². The molecule has 0 aromatic carbocycles. The van der Waals surface area contributed by atoms with Crippen molar-refractivity contribution in [2.75, 3.05) is 0 Å². The average Bonchev–Trinajstić information content (AvgIpc) is 2.60. The van der Waals surface area contributed by atoms with Crippen LogP contribution >= 0.6 is 11.3 Å². The molecule has 17 heavy (non-hydrogen) atoms. The van der Waals surface area contributed by atoms with Crippen LogP contribution in [0.3, 0.4) is 0 Å². The number of amides is 1. The molecule has 1 aromatic heterocycles. The van der Waals surface area contributed by atoms with Crippen LogP contribution in [0.5, 0.6) is 0 Å². The predicted molar refractivity (Wildman–Crippen MR) is 66.2 cm³/mol. The van der Waals surface area contributed by atoms with E-state index >= 15 is 0 Å². The lowest BCUT2D eigenvalue weighted by molar-refractivity contribution is 0.0523. The monoisotopic (exact) mass is 256 g/mol. The van der Waals surface area contributed by atoms with Crippen LogP contribution in [-0.4, -0.2) is 22.5 Å². The van der Waals surface area contributed by atoms with Crippen LogP contribution in [0.1, 0.15) is 30.7 Å². The molecule has 0 aliphatic carbocycles. The van der Waals surface area contributed by atoms with Crippen LogP contribution in [0.2, 0.25) is 0 Å². The number of nitrogens with one attached hydrogen (secondary N) is 2. The maximum Gasteiger partial charge on any atom is 0.408 e. The van der Waals surface area contributed by atoms with Crippen molar-refractivity contribution in [3.05, 3.63) is 16.1 Å². The van der Waals surface area contributed by atoms with Gasteiger partial charge in [-0.2, -0.15) is 0 Å². The molecule has 1 heterocycles. The number of alkyl carbamates (subject to hydrolysis) is 1. The first-order chi connectivity index (χ1) is 7.78. The summed E-state index contributed by atoms with van der Waals surface area (Å²) in [5, 5.41) is 10.5. The molecule has 0 unspecified atom stereocenters. The first kappa shape index (κ1) is 13.4. The third kappa shape index (κ3) is 4.81. The van der Waals surface area contributed by atoms with E-state index in [-0.39, 0.29) is 12.4 Å². The van der Waals surface area contributed by atoms with Crippen molar-refractivity contribution >= 4 is 23.3 Å². The normalized spacial score (nSPS) is 11.0. The number of hydrogen-bond donors (Lipinski definition) is 3. The van der Waals surface area contributed by atoms with Gasteiger partial charge in [0.05, 0.1) is 11.4 Å². The molecule has 6 nitrogen and oxygen atoms in total. The molecule has 7 heteroatoms. The molecule has 0 bridgehead atoms. The molecule has 0 saturated carbocycles. The van der Waals surface area contributed by atoms with Crippen molar-refractivity contribution < 1.29 is 9.53 Å². The lowest BCUT2D eigenvalue weighted by Gasteiger charge is -2.19. The Kier molecular flexibility index (Phi) is 4.06. The molecule has 0 radical (unpaired) electrons. The molecule has 1 amide bonds. The second-order valence-corrected chi connectivity index (χ2v) is 5.50. The molecule has 0 aliphatic rings. The highest BCUT2D eigenvalue weighted by molar-refractivity contribution is 7.13. The quantitative estimate of drug-likeness (QED) is 0.562. The van der Waals surface area contributed by atoms with Gasteiger partial charge in [0.1, 0.15) is 16.4 Å². The highest BCUT2D eigenvalue weighted by Crippen LogP contribution is 2.12. The number of aromatic nitrogens is 1. The summed E-state index contributed by atoms with van der Waals surface area (Å²) in [6.07, 6.45) is 1.02. The highest BCUT2D eigenvalue weighted by atomic mass is 32.1. The summed E-state index contributed by atoms with van der Waals surface area (Å²) in [4.78, 5) is 16.0. The Bertz CT molecular complexity index is 422. The van der Waals surface area contributed by atoms with Gasteiger partial charge in [-0.3, -0.25) is 5.41 Å². The summed E-state index contributed by atoms with van der Waals surface area (Å²) in [7, 11) is 0. The zero-order chi connectivity index (χ0) is 13.1. The Labute approximate surface area is 104 Å².